The maximum absolute atomic E-state index is 5.52. The first kappa shape index (κ1) is 8.59. The van der Waals surface area contributed by atoms with Crippen LogP contribution >= 0.6 is 15.9 Å². The number of nitrogens with zero attached hydrogens (tertiary/aromatic N) is 2. The molecule has 3 nitrogen and oxygen atoms in total. The van der Waals surface area contributed by atoms with Gasteiger partial charge in [-0.2, -0.15) is 0 Å². The van der Waals surface area contributed by atoms with Gasteiger partial charge in [-0.05, 0) is 27.6 Å². The molecule has 0 saturated heterocycles. The van der Waals surface area contributed by atoms with E-state index in [1.165, 1.54) is 0 Å². The summed E-state index contributed by atoms with van der Waals surface area (Å²) in [6, 6.07) is 5.94. The maximum Gasteiger partial charge on any atom is 0.197 e. The second-order valence-corrected chi connectivity index (χ2v) is 3.45. The van der Waals surface area contributed by atoms with Crippen LogP contribution in [0.5, 0.6) is 0 Å². The smallest absolute Gasteiger partial charge is 0.197 e. The number of halogens is 1. The van der Waals surface area contributed by atoms with Crippen LogP contribution in [0.1, 0.15) is 5.56 Å². The zero-order valence-corrected chi connectivity index (χ0v) is 8.45. The SMILES string of the molecule is NCc1ccc2cnc(Br)nc2c1. The molecule has 66 valence electrons. The molecule has 1 aromatic carbocycles. The molecule has 0 aliphatic rings. The average Bonchev–Trinajstić information content (AvgIpc) is 2.16. The molecular formula is C9H8BrN3. The summed E-state index contributed by atoms with van der Waals surface area (Å²) in [5, 5.41) is 1.03. The van der Waals surface area contributed by atoms with E-state index in [4.69, 9.17) is 5.73 Å². The van der Waals surface area contributed by atoms with Crippen molar-refractivity contribution in [2.45, 2.75) is 6.54 Å². The average molecular weight is 238 g/mol. The zero-order valence-electron chi connectivity index (χ0n) is 6.87. The van der Waals surface area contributed by atoms with E-state index in [-0.39, 0.29) is 0 Å². The van der Waals surface area contributed by atoms with E-state index < -0.39 is 0 Å². The Labute approximate surface area is 84.1 Å². The van der Waals surface area contributed by atoms with Gasteiger partial charge in [0.25, 0.3) is 0 Å². The second kappa shape index (κ2) is 3.40. The molecule has 13 heavy (non-hydrogen) atoms. The molecule has 0 saturated carbocycles. The number of fused-ring (bicyclic) bond motifs is 1. The van der Waals surface area contributed by atoms with Crippen LogP contribution in [0.25, 0.3) is 10.9 Å². The Kier molecular flexibility index (Phi) is 2.24. The normalized spacial score (nSPS) is 10.6. The number of rotatable bonds is 1. The van der Waals surface area contributed by atoms with Crippen LogP contribution in [-0.2, 0) is 6.54 Å². The van der Waals surface area contributed by atoms with Crippen molar-refractivity contribution in [1.82, 2.24) is 9.97 Å². The largest absolute Gasteiger partial charge is 0.326 e. The van der Waals surface area contributed by atoms with Crippen molar-refractivity contribution in [2.24, 2.45) is 5.73 Å². The van der Waals surface area contributed by atoms with Crippen molar-refractivity contribution in [3.8, 4) is 0 Å². The van der Waals surface area contributed by atoms with E-state index in [2.05, 4.69) is 25.9 Å². The minimum absolute atomic E-state index is 0.539. The lowest BCUT2D eigenvalue weighted by Gasteiger charge is -1.99. The Morgan fingerprint density at radius 2 is 2.23 bits per heavy atom. The summed E-state index contributed by atoms with van der Waals surface area (Å²) >= 11 is 3.23. The molecule has 2 rings (SSSR count). The highest BCUT2D eigenvalue weighted by atomic mass is 79.9. The number of nitrogens with two attached hydrogens (primary N) is 1. The molecule has 0 spiro atoms. The van der Waals surface area contributed by atoms with Crippen molar-refractivity contribution >= 4 is 26.8 Å². The zero-order chi connectivity index (χ0) is 9.26. The number of aromatic nitrogens is 2. The molecule has 1 aromatic heterocycles. The minimum Gasteiger partial charge on any atom is -0.326 e. The van der Waals surface area contributed by atoms with Crippen molar-refractivity contribution in [1.29, 1.82) is 0 Å². The number of hydrogen-bond donors (Lipinski definition) is 1. The third kappa shape index (κ3) is 1.68. The van der Waals surface area contributed by atoms with Crippen LogP contribution < -0.4 is 5.73 Å². The molecule has 2 N–H and O–H groups in total. The van der Waals surface area contributed by atoms with E-state index in [1.807, 2.05) is 18.2 Å². The Morgan fingerprint density at radius 3 is 3.00 bits per heavy atom. The highest BCUT2D eigenvalue weighted by Crippen LogP contribution is 2.14. The van der Waals surface area contributed by atoms with Crippen LogP contribution in [0, 0.1) is 0 Å². The van der Waals surface area contributed by atoms with Crippen molar-refractivity contribution in [3.63, 3.8) is 0 Å². The lowest BCUT2D eigenvalue weighted by Crippen LogP contribution is -1.96. The molecule has 2 aromatic rings. The Bertz CT molecular complexity index is 442. The van der Waals surface area contributed by atoms with E-state index in [0.717, 1.165) is 16.5 Å². The molecule has 0 atom stereocenters. The molecule has 0 radical (unpaired) electrons. The van der Waals surface area contributed by atoms with Gasteiger partial charge in [0.05, 0.1) is 5.52 Å². The molecular weight excluding hydrogens is 230 g/mol. The van der Waals surface area contributed by atoms with Gasteiger partial charge in [-0.25, -0.2) is 9.97 Å². The van der Waals surface area contributed by atoms with Crippen molar-refractivity contribution < 1.29 is 0 Å². The van der Waals surface area contributed by atoms with Crippen LogP contribution in [0.2, 0.25) is 0 Å². The molecule has 0 fully saturated rings. The fourth-order valence-corrected chi connectivity index (χ4v) is 1.47. The van der Waals surface area contributed by atoms with Gasteiger partial charge < -0.3 is 5.73 Å². The lowest BCUT2D eigenvalue weighted by atomic mass is 10.1. The van der Waals surface area contributed by atoms with Gasteiger partial charge >= 0.3 is 0 Å². The fourth-order valence-electron chi connectivity index (χ4n) is 1.17. The summed E-state index contributed by atoms with van der Waals surface area (Å²) < 4.78 is 0.606. The van der Waals surface area contributed by atoms with Gasteiger partial charge in [0.1, 0.15) is 0 Å². The summed E-state index contributed by atoms with van der Waals surface area (Å²) in [7, 11) is 0. The summed E-state index contributed by atoms with van der Waals surface area (Å²) in [4.78, 5) is 8.27. The topological polar surface area (TPSA) is 51.8 Å². The Balaban J connectivity index is 2.68. The molecule has 0 aliphatic carbocycles. The minimum atomic E-state index is 0.539. The fraction of sp³-hybridized carbons (Fsp3) is 0.111. The third-order valence-corrected chi connectivity index (χ3v) is 2.24. The van der Waals surface area contributed by atoms with Crippen LogP contribution in [0.4, 0.5) is 0 Å². The number of benzene rings is 1. The summed E-state index contributed by atoms with van der Waals surface area (Å²) in [6.07, 6.45) is 1.78. The quantitative estimate of drug-likeness (QED) is 0.771. The van der Waals surface area contributed by atoms with E-state index >= 15 is 0 Å². The van der Waals surface area contributed by atoms with E-state index in [0.29, 0.717) is 11.3 Å². The molecule has 1 heterocycles. The molecule has 0 aliphatic heterocycles. The first-order valence-electron chi connectivity index (χ1n) is 3.91. The van der Waals surface area contributed by atoms with E-state index in [1.54, 1.807) is 6.20 Å². The van der Waals surface area contributed by atoms with Gasteiger partial charge in [-0.15, -0.1) is 0 Å². The van der Waals surface area contributed by atoms with Gasteiger partial charge in [0.15, 0.2) is 4.73 Å². The number of hydrogen-bond acceptors (Lipinski definition) is 3. The Hall–Kier alpha value is -1.00. The summed E-state index contributed by atoms with van der Waals surface area (Å²) in [5.41, 5.74) is 7.53. The van der Waals surface area contributed by atoms with Crippen LogP contribution in [0.15, 0.2) is 29.1 Å². The Morgan fingerprint density at radius 1 is 1.38 bits per heavy atom. The van der Waals surface area contributed by atoms with Gasteiger partial charge in [0.2, 0.25) is 0 Å². The first-order valence-corrected chi connectivity index (χ1v) is 4.70. The highest BCUT2D eigenvalue weighted by Gasteiger charge is 1.97. The lowest BCUT2D eigenvalue weighted by molar-refractivity contribution is 1.07. The van der Waals surface area contributed by atoms with Crippen molar-refractivity contribution in [2.75, 3.05) is 0 Å². The van der Waals surface area contributed by atoms with Gasteiger partial charge in [-0.1, -0.05) is 12.1 Å². The van der Waals surface area contributed by atoms with E-state index in [9.17, 15) is 0 Å². The summed E-state index contributed by atoms with van der Waals surface area (Å²) in [6.45, 7) is 0.539. The predicted octanol–water partition coefficient (Wildman–Crippen LogP) is 1.85. The second-order valence-electron chi connectivity index (χ2n) is 2.74. The molecule has 0 bridgehead atoms. The van der Waals surface area contributed by atoms with Crippen molar-refractivity contribution in [3.05, 3.63) is 34.7 Å². The van der Waals surface area contributed by atoms with Crippen LogP contribution in [0.3, 0.4) is 0 Å². The molecule has 4 heteroatoms. The monoisotopic (exact) mass is 237 g/mol. The van der Waals surface area contributed by atoms with Crippen LogP contribution in [-0.4, -0.2) is 9.97 Å². The summed E-state index contributed by atoms with van der Waals surface area (Å²) in [5.74, 6) is 0. The molecule has 0 unspecified atom stereocenters. The maximum atomic E-state index is 5.52. The highest BCUT2D eigenvalue weighted by molar-refractivity contribution is 9.10. The standard InChI is InChI=1S/C9H8BrN3/c10-9-12-5-7-2-1-6(4-11)3-8(7)13-9/h1-3,5H,4,11H2. The first-order chi connectivity index (χ1) is 6.29. The molecule has 0 amide bonds. The van der Waals surface area contributed by atoms with Gasteiger partial charge in [0, 0.05) is 18.1 Å². The van der Waals surface area contributed by atoms with Gasteiger partial charge in [-0.3, -0.25) is 0 Å². The predicted molar refractivity (Wildman–Crippen MR) is 55.1 cm³/mol. The third-order valence-electron chi connectivity index (χ3n) is 1.85.